The van der Waals surface area contributed by atoms with E-state index in [0.717, 1.165) is 0 Å². The van der Waals surface area contributed by atoms with Crippen molar-refractivity contribution in [1.82, 2.24) is 19.8 Å². The molecule has 22 heavy (non-hydrogen) atoms. The van der Waals surface area contributed by atoms with Crippen LogP contribution in [0.15, 0.2) is 35.3 Å². The van der Waals surface area contributed by atoms with E-state index in [1.165, 1.54) is 18.8 Å². The monoisotopic (exact) mass is 300 g/mol. The van der Waals surface area contributed by atoms with Crippen molar-refractivity contribution in [2.24, 2.45) is 0 Å². The van der Waals surface area contributed by atoms with Crippen LogP contribution in [-0.4, -0.2) is 57.8 Å². The standard InChI is InChI=1S/C15H16N4O3/c1-11-12(9-16-10-17-11)14(20)18-4-6-19(7-5-18)15(21)13-3-2-8-22-13/h2-3,8-10H,4-7H2,1H3. The van der Waals surface area contributed by atoms with Gasteiger partial charge in [0.2, 0.25) is 0 Å². The molecule has 2 aromatic heterocycles. The Morgan fingerprint density at radius 1 is 1.14 bits per heavy atom. The first-order chi connectivity index (χ1) is 10.7. The second-order valence-corrected chi connectivity index (χ2v) is 5.08. The topological polar surface area (TPSA) is 79.5 Å². The van der Waals surface area contributed by atoms with Gasteiger partial charge in [-0.2, -0.15) is 0 Å². The van der Waals surface area contributed by atoms with Crippen LogP contribution in [0.3, 0.4) is 0 Å². The van der Waals surface area contributed by atoms with Crippen LogP contribution in [0, 0.1) is 6.92 Å². The highest BCUT2D eigenvalue weighted by Gasteiger charge is 2.27. The van der Waals surface area contributed by atoms with Gasteiger partial charge in [-0.25, -0.2) is 9.97 Å². The summed E-state index contributed by atoms with van der Waals surface area (Å²) in [6.07, 6.45) is 4.43. The molecule has 1 fully saturated rings. The van der Waals surface area contributed by atoms with E-state index in [1.54, 1.807) is 28.9 Å². The Morgan fingerprint density at radius 3 is 2.41 bits per heavy atom. The third-order valence-electron chi connectivity index (χ3n) is 3.73. The summed E-state index contributed by atoms with van der Waals surface area (Å²) in [6, 6.07) is 3.33. The Labute approximate surface area is 127 Å². The molecular weight excluding hydrogens is 284 g/mol. The molecule has 0 radical (unpaired) electrons. The maximum Gasteiger partial charge on any atom is 0.289 e. The molecule has 1 aliphatic rings. The van der Waals surface area contributed by atoms with Gasteiger partial charge in [-0.1, -0.05) is 0 Å². The van der Waals surface area contributed by atoms with E-state index in [2.05, 4.69) is 9.97 Å². The normalized spacial score (nSPS) is 15.0. The van der Waals surface area contributed by atoms with Gasteiger partial charge in [0.1, 0.15) is 6.33 Å². The molecule has 2 aromatic rings. The number of nitrogens with zero attached hydrogens (tertiary/aromatic N) is 4. The molecule has 0 N–H and O–H groups in total. The Kier molecular flexibility index (Phi) is 3.86. The number of carbonyl (C=O) groups is 2. The summed E-state index contributed by atoms with van der Waals surface area (Å²) in [5.41, 5.74) is 1.17. The fourth-order valence-electron chi connectivity index (χ4n) is 2.44. The van der Waals surface area contributed by atoms with Gasteiger partial charge in [-0.3, -0.25) is 9.59 Å². The molecular formula is C15H16N4O3. The second-order valence-electron chi connectivity index (χ2n) is 5.08. The number of piperazine rings is 1. The summed E-state index contributed by atoms with van der Waals surface area (Å²) in [5, 5.41) is 0. The first-order valence-electron chi connectivity index (χ1n) is 7.05. The zero-order valence-electron chi connectivity index (χ0n) is 12.2. The summed E-state index contributed by atoms with van der Waals surface area (Å²) in [7, 11) is 0. The molecule has 1 saturated heterocycles. The molecule has 0 aromatic carbocycles. The maximum absolute atomic E-state index is 12.4. The number of aromatic nitrogens is 2. The molecule has 3 rings (SSSR count). The zero-order chi connectivity index (χ0) is 15.5. The highest BCUT2D eigenvalue weighted by atomic mass is 16.3. The van der Waals surface area contributed by atoms with Crippen molar-refractivity contribution in [2.75, 3.05) is 26.2 Å². The maximum atomic E-state index is 12.4. The molecule has 0 aliphatic carbocycles. The lowest BCUT2D eigenvalue weighted by atomic mass is 10.2. The van der Waals surface area contributed by atoms with Crippen molar-refractivity contribution in [1.29, 1.82) is 0 Å². The summed E-state index contributed by atoms with van der Waals surface area (Å²) in [6.45, 7) is 3.72. The minimum Gasteiger partial charge on any atom is -0.459 e. The highest BCUT2D eigenvalue weighted by molar-refractivity contribution is 5.95. The van der Waals surface area contributed by atoms with Crippen LogP contribution in [0.4, 0.5) is 0 Å². The molecule has 7 heteroatoms. The first-order valence-corrected chi connectivity index (χ1v) is 7.05. The van der Waals surface area contributed by atoms with Crippen molar-refractivity contribution in [3.05, 3.63) is 47.9 Å². The van der Waals surface area contributed by atoms with Crippen LogP contribution < -0.4 is 0 Å². The largest absolute Gasteiger partial charge is 0.459 e. The van der Waals surface area contributed by atoms with Crippen LogP contribution in [-0.2, 0) is 0 Å². The van der Waals surface area contributed by atoms with Crippen LogP contribution >= 0.6 is 0 Å². The Hall–Kier alpha value is -2.70. The van der Waals surface area contributed by atoms with Crippen molar-refractivity contribution in [2.45, 2.75) is 6.92 Å². The van der Waals surface area contributed by atoms with Gasteiger partial charge in [-0.05, 0) is 19.1 Å². The van der Waals surface area contributed by atoms with Crippen molar-refractivity contribution < 1.29 is 14.0 Å². The summed E-state index contributed by atoms with van der Waals surface area (Å²) in [4.78, 5) is 36.0. The van der Waals surface area contributed by atoms with Gasteiger partial charge in [0, 0.05) is 32.4 Å². The third-order valence-corrected chi connectivity index (χ3v) is 3.73. The molecule has 0 saturated carbocycles. The number of furan rings is 1. The third kappa shape index (κ3) is 2.69. The van der Waals surface area contributed by atoms with Gasteiger partial charge in [0.05, 0.1) is 17.5 Å². The summed E-state index contributed by atoms with van der Waals surface area (Å²) < 4.78 is 5.12. The van der Waals surface area contributed by atoms with Crippen molar-refractivity contribution in [3.63, 3.8) is 0 Å². The van der Waals surface area contributed by atoms with E-state index >= 15 is 0 Å². The molecule has 0 unspecified atom stereocenters. The molecule has 114 valence electrons. The molecule has 0 bridgehead atoms. The minimum absolute atomic E-state index is 0.0943. The predicted octanol–water partition coefficient (Wildman–Crippen LogP) is 0.976. The lowest BCUT2D eigenvalue weighted by molar-refractivity contribution is 0.0517. The minimum atomic E-state index is -0.142. The van der Waals surface area contributed by atoms with Gasteiger partial charge >= 0.3 is 0 Å². The van der Waals surface area contributed by atoms with E-state index in [1.807, 2.05) is 0 Å². The van der Waals surface area contributed by atoms with Gasteiger partial charge in [0.15, 0.2) is 5.76 Å². The molecule has 1 aliphatic heterocycles. The smallest absolute Gasteiger partial charge is 0.289 e. The van der Waals surface area contributed by atoms with Gasteiger partial charge < -0.3 is 14.2 Å². The number of aryl methyl sites for hydroxylation is 1. The van der Waals surface area contributed by atoms with Crippen LogP contribution in [0.25, 0.3) is 0 Å². The van der Waals surface area contributed by atoms with E-state index in [9.17, 15) is 9.59 Å². The molecule has 0 atom stereocenters. The summed E-state index contributed by atoms with van der Waals surface area (Å²) in [5.74, 6) is 0.0894. The Bertz CT molecular complexity index is 676. The van der Waals surface area contributed by atoms with E-state index in [-0.39, 0.29) is 11.8 Å². The molecule has 3 heterocycles. The lowest BCUT2D eigenvalue weighted by Crippen LogP contribution is -2.50. The average Bonchev–Trinajstić information content (AvgIpc) is 3.09. The fourth-order valence-corrected chi connectivity index (χ4v) is 2.44. The number of rotatable bonds is 2. The predicted molar refractivity (Wildman–Crippen MR) is 77.3 cm³/mol. The highest BCUT2D eigenvalue weighted by Crippen LogP contribution is 2.12. The van der Waals surface area contributed by atoms with Crippen molar-refractivity contribution in [3.8, 4) is 0 Å². The molecule has 7 nitrogen and oxygen atoms in total. The van der Waals surface area contributed by atoms with Crippen molar-refractivity contribution >= 4 is 11.8 Å². The zero-order valence-corrected chi connectivity index (χ0v) is 12.2. The average molecular weight is 300 g/mol. The van der Waals surface area contributed by atoms with E-state index < -0.39 is 0 Å². The van der Waals surface area contributed by atoms with Gasteiger partial charge in [-0.15, -0.1) is 0 Å². The number of carbonyl (C=O) groups excluding carboxylic acids is 2. The fraction of sp³-hybridized carbons (Fsp3) is 0.333. The molecule has 0 spiro atoms. The SMILES string of the molecule is Cc1ncncc1C(=O)N1CCN(C(=O)c2ccco2)CC1. The van der Waals surface area contributed by atoms with E-state index in [4.69, 9.17) is 4.42 Å². The van der Waals surface area contributed by atoms with Crippen LogP contribution in [0.2, 0.25) is 0 Å². The van der Waals surface area contributed by atoms with Gasteiger partial charge in [0.25, 0.3) is 11.8 Å². The second kappa shape index (κ2) is 5.97. The quantitative estimate of drug-likeness (QED) is 0.826. The number of hydrogen-bond acceptors (Lipinski definition) is 5. The van der Waals surface area contributed by atoms with E-state index in [0.29, 0.717) is 43.2 Å². The first kappa shape index (κ1) is 14.2. The Balaban J connectivity index is 1.63. The number of amides is 2. The van der Waals surface area contributed by atoms with Crippen LogP contribution in [0.1, 0.15) is 26.6 Å². The Morgan fingerprint density at radius 2 is 1.82 bits per heavy atom. The molecule has 2 amide bonds. The summed E-state index contributed by atoms with van der Waals surface area (Å²) >= 11 is 0. The van der Waals surface area contributed by atoms with Crippen LogP contribution in [0.5, 0.6) is 0 Å². The number of hydrogen-bond donors (Lipinski definition) is 0. The lowest BCUT2D eigenvalue weighted by Gasteiger charge is -2.34.